The molecule has 8 heteroatoms. The van der Waals surface area contributed by atoms with E-state index in [9.17, 15) is 0 Å². The van der Waals surface area contributed by atoms with Crippen LogP contribution in [0.4, 0.5) is 5.95 Å². The van der Waals surface area contributed by atoms with Crippen molar-refractivity contribution in [1.29, 1.82) is 0 Å². The number of nitrogen functional groups attached to an aromatic ring is 1. The van der Waals surface area contributed by atoms with E-state index in [1.165, 1.54) is 6.33 Å². The molecule has 1 heterocycles. The predicted octanol–water partition coefficient (Wildman–Crippen LogP) is 1.43. The first-order valence-electron chi connectivity index (χ1n) is 6.93. The van der Waals surface area contributed by atoms with Crippen molar-refractivity contribution in [3.63, 3.8) is 0 Å². The highest BCUT2D eigenvalue weighted by molar-refractivity contribution is 6.62. The smallest absolute Gasteiger partial charge is 0.374 e. The summed E-state index contributed by atoms with van der Waals surface area (Å²) in [4.78, 5) is 12.0. The molecular weight excluding hydrogens is 276 g/mol. The number of hydrogen-bond donors (Lipinski definition) is 1. The summed E-state index contributed by atoms with van der Waals surface area (Å²) in [5.41, 5.74) is 5.62. The average molecular weight is 300 g/mol. The number of anilines is 1. The van der Waals surface area contributed by atoms with E-state index in [-0.39, 0.29) is 11.5 Å². The van der Waals surface area contributed by atoms with Crippen LogP contribution >= 0.6 is 0 Å². The molecule has 0 aliphatic heterocycles. The minimum atomic E-state index is -2.74. The Hall–Kier alpha value is -1.09. The van der Waals surface area contributed by atoms with Crippen molar-refractivity contribution in [3.8, 4) is 0 Å². The summed E-state index contributed by atoms with van der Waals surface area (Å²) in [5.74, 6) is 0.847. The van der Waals surface area contributed by atoms with E-state index in [4.69, 9.17) is 19.0 Å². The van der Waals surface area contributed by atoms with Crippen molar-refractivity contribution in [2.45, 2.75) is 39.7 Å². The van der Waals surface area contributed by atoms with Gasteiger partial charge in [-0.15, -0.1) is 0 Å². The van der Waals surface area contributed by atoms with Crippen LogP contribution in [0.3, 0.4) is 0 Å². The van der Waals surface area contributed by atoms with Gasteiger partial charge in [0.2, 0.25) is 5.95 Å². The standard InChI is InChI=1S/C12H24N4O3Si/c1-5-17-20(18-6-2,19-7-3)10(4)8-11-14-9-15-12(13)16-11/h9-10H,5-8H2,1-4H3,(H2,13,14,15,16). The molecule has 0 saturated heterocycles. The average Bonchev–Trinajstić information content (AvgIpc) is 2.39. The van der Waals surface area contributed by atoms with Crippen molar-refractivity contribution < 1.29 is 13.3 Å². The molecule has 0 bridgehead atoms. The first-order valence-corrected chi connectivity index (χ1v) is 8.73. The Morgan fingerprint density at radius 2 is 1.65 bits per heavy atom. The molecule has 0 aliphatic rings. The largest absolute Gasteiger partial charge is 0.504 e. The molecule has 0 amide bonds. The summed E-state index contributed by atoms with van der Waals surface area (Å²) >= 11 is 0. The second-order valence-electron chi connectivity index (χ2n) is 4.27. The van der Waals surface area contributed by atoms with Crippen LogP contribution in [0.25, 0.3) is 0 Å². The van der Waals surface area contributed by atoms with E-state index in [1.54, 1.807) is 0 Å². The molecule has 1 rings (SSSR count). The molecule has 0 saturated carbocycles. The molecule has 0 spiro atoms. The Labute approximate surface area is 121 Å². The third kappa shape index (κ3) is 4.48. The monoisotopic (exact) mass is 300 g/mol. The van der Waals surface area contributed by atoms with Gasteiger partial charge in [-0.3, -0.25) is 0 Å². The molecular formula is C12H24N4O3Si. The van der Waals surface area contributed by atoms with Crippen LogP contribution in [0.5, 0.6) is 0 Å². The predicted molar refractivity (Wildman–Crippen MR) is 78.0 cm³/mol. The maximum absolute atomic E-state index is 5.87. The molecule has 0 radical (unpaired) electrons. The third-order valence-corrected chi connectivity index (χ3v) is 6.25. The quantitative estimate of drug-likeness (QED) is 0.690. The molecule has 1 atom stereocenters. The molecule has 1 aromatic rings. The first kappa shape index (κ1) is 17.0. The number of aromatic nitrogens is 3. The van der Waals surface area contributed by atoms with Crippen molar-refractivity contribution in [2.24, 2.45) is 0 Å². The first-order chi connectivity index (χ1) is 9.57. The van der Waals surface area contributed by atoms with Gasteiger partial charge in [0.25, 0.3) is 0 Å². The third-order valence-electron chi connectivity index (χ3n) is 2.77. The Bertz CT molecular complexity index is 391. The second-order valence-corrected chi connectivity index (χ2v) is 7.33. The van der Waals surface area contributed by atoms with Gasteiger partial charge in [-0.1, -0.05) is 6.92 Å². The van der Waals surface area contributed by atoms with Gasteiger partial charge in [0.1, 0.15) is 12.2 Å². The van der Waals surface area contributed by atoms with Gasteiger partial charge >= 0.3 is 8.80 Å². The van der Waals surface area contributed by atoms with Crippen LogP contribution in [-0.2, 0) is 19.7 Å². The minimum absolute atomic E-state index is 0.0455. The van der Waals surface area contributed by atoms with E-state index in [0.717, 1.165) is 0 Å². The van der Waals surface area contributed by atoms with E-state index < -0.39 is 8.80 Å². The van der Waals surface area contributed by atoms with Crippen molar-refractivity contribution in [2.75, 3.05) is 25.6 Å². The zero-order valence-electron chi connectivity index (χ0n) is 12.6. The molecule has 114 valence electrons. The molecule has 0 aromatic carbocycles. The highest BCUT2D eigenvalue weighted by Gasteiger charge is 2.47. The van der Waals surface area contributed by atoms with Crippen LogP contribution < -0.4 is 5.73 Å². The van der Waals surface area contributed by atoms with Crippen LogP contribution in [0.15, 0.2) is 6.33 Å². The van der Waals surface area contributed by atoms with E-state index in [0.29, 0.717) is 32.1 Å². The fraction of sp³-hybridized carbons (Fsp3) is 0.750. The van der Waals surface area contributed by atoms with Gasteiger partial charge in [0, 0.05) is 31.8 Å². The van der Waals surface area contributed by atoms with Gasteiger partial charge in [0.05, 0.1) is 0 Å². The zero-order valence-corrected chi connectivity index (χ0v) is 13.6. The lowest BCUT2D eigenvalue weighted by molar-refractivity contribution is 0.0622. The van der Waals surface area contributed by atoms with E-state index >= 15 is 0 Å². The molecule has 1 unspecified atom stereocenters. The SMILES string of the molecule is CCO[Si](OCC)(OCC)C(C)Cc1ncnc(N)n1. The molecule has 7 nitrogen and oxygen atoms in total. The Kier molecular flexibility index (Phi) is 7.00. The normalized spacial score (nSPS) is 13.4. The Morgan fingerprint density at radius 1 is 1.10 bits per heavy atom. The maximum atomic E-state index is 5.87. The summed E-state index contributed by atoms with van der Waals surface area (Å²) in [6.07, 6.45) is 1.99. The van der Waals surface area contributed by atoms with E-state index in [1.807, 2.05) is 27.7 Å². The lowest BCUT2D eigenvalue weighted by Crippen LogP contribution is -2.50. The Balaban J connectivity index is 2.88. The number of nitrogens with two attached hydrogens (primary N) is 1. The van der Waals surface area contributed by atoms with Crippen molar-refractivity contribution in [1.82, 2.24) is 15.0 Å². The highest BCUT2D eigenvalue weighted by atomic mass is 28.4. The molecule has 20 heavy (non-hydrogen) atoms. The summed E-state index contributed by atoms with van der Waals surface area (Å²) < 4.78 is 17.6. The van der Waals surface area contributed by atoms with Crippen molar-refractivity contribution >= 4 is 14.8 Å². The maximum Gasteiger partial charge on any atom is 0.504 e. The molecule has 0 aliphatic carbocycles. The molecule has 2 N–H and O–H groups in total. The Morgan fingerprint density at radius 3 is 2.10 bits per heavy atom. The second kappa shape index (κ2) is 8.25. The lowest BCUT2D eigenvalue weighted by Gasteiger charge is -2.33. The van der Waals surface area contributed by atoms with Gasteiger partial charge in [0.15, 0.2) is 0 Å². The topological polar surface area (TPSA) is 92.4 Å². The summed E-state index contributed by atoms with van der Waals surface area (Å²) in [5, 5.41) is 0. The number of rotatable bonds is 9. The van der Waals surface area contributed by atoms with Gasteiger partial charge < -0.3 is 19.0 Å². The highest BCUT2D eigenvalue weighted by Crippen LogP contribution is 2.28. The molecule has 0 fully saturated rings. The van der Waals surface area contributed by atoms with Crippen LogP contribution in [0.1, 0.15) is 33.5 Å². The van der Waals surface area contributed by atoms with Gasteiger partial charge in [-0.25, -0.2) is 9.97 Å². The van der Waals surface area contributed by atoms with Crippen molar-refractivity contribution in [3.05, 3.63) is 12.2 Å². The summed E-state index contributed by atoms with van der Waals surface area (Å²) in [6.45, 7) is 9.50. The fourth-order valence-corrected chi connectivity index (χ4v) is 4.74. The molecule has 1 aromatic heterocycles. The zero-order chi connectivity index (χ0) is 15.0. The lowest BCUT2D eigenvalue weighted by atomic mass is 10.3. The number of nitrogens with zero attached hydrogens (tertiary/aromatic N) is 3. The van der Waals surface area contributed by atoms with Gasteiger partial charge in [-0.2, -0.15) is 4.98 Å². The van der Waals surface area contributed by atoms with Crippen LogP contribution in [0.2, 0.25) is 5.54 Å². The summed E-state index contributed by atoms with van der Waals surface area (Å²) in [6, 6.07) is 0. The van der Waals surface area contributed by atoms with Crippen LogP contribution in [-0.4, -0.2) is 43.6 Å². The summed E-state index contributed by atoms with van der Waals surface area (Å²) in [7, 11) is -2.74. The van der Waals surface area contributed by atoms with Crippen LogP contribution in [0, 0.1) is 0 Å². The fourth-order valence-electron chi connectivity index (χ4n) is 2.00. The van der Waals surface area contributed by atoms with E-state index in [2.05, 4.69) is 15.0 Å². The van der Waals surface area contributed by atoms with Gasteiger partial charge in [-0.05, 0) is 20.8 Å². The minimum Gasteiger partial charge on any atom is -0.374 e. The number of hydrogen-bond acceptors (Lipinski definition) is 7.